The van der Waals surface area contributed by atoms with Gasteiger partial charge in [-0.2, -0.15) is 5.10 Å². The molecule has 100 valence electrons. The van der Waals surface area contributed by atoms with E-state index < -0.39 is 0 Å². The number of H-pyrrole nitrogens is 1. The summed E-state index contributed by atoms with van der Waals surface area (Å²) in [6.45, 7) is 1.35. The summed E-state index contributed by atoms with van der Waals surface area (Å²) in [7, 11) is 0. The van der Waals surface area contributed by atoms with Gasteiger partial charge in [-0.15, -0.1) is 0 Å². The normalized spacial score (nSPS) is 19.8. The Morgan fingerprint density at radius 3 is 3.21 bits per heavy atom. The van der Waals surface area contributed by atoms with Crippen molar-refractivity contribution in [2.75, 3.05) is 13.1 Å². The second kappa shape index (κ2) is 5.01. The number of carbonyl (C=O) groups is 1. The van der Waals surface area contributed by atoms with E-state index in [4.69, 9.17) is 5.73 Å². The van der Waals surface area contributed by atoms with E-state index in [9.17, 15) is 4.79 Å². The van der Waals surface area contributed by atoms with Crippen molar-refractivity contribution in [1.82, 2.24) is 15.1 Å². The number of hydrogen-bond acceptors (Lipinski definition) is 3. The number of nitrogens with two attached hydrogens (primary N) is 1. The Labute approximate surface area is 111 Å². The van der Waals surface area contributed by atoms with E-state index in [0.717, 1.165) is 36.7 Å². The lowest BCUT2D eigenvalue weighted by molar-refractivity contribution is 0.0623. The van der Waals surface area contributed by atoms with E-state index in [-0.39, 0.29) is 11.9 Å². The molecule has 0 bridgehead atoms. The fourth-order valence-corrected chi connectivity index (χ4v) is 2.75. The second-order valence-electron chi connectivity index (χ2n) is 5.06. The number of aromatic nitrogens is 2. The van der Waals surface area contributed by atoms with Gasteiger partial charge in [0.2, 0.25) is 0 Å². The van der Waals surface area contributed by atoms with E-state index in [1.54, 1.807) is 6.20 Å². The molecule has 1 aromatic carbocycles. The molecule has 0 aliphatic carbocycles. The Balaban J connectivity index is 1.89. The molecule has 1 unspecified atom stereocenters. The first-order valence-corrected chi connectivity index (χ1v) is 6.74. The fraction of sp³-hybridized carbons (Fsp3) is 0.429. The molecule has 0 saturated carbocycles. The van der Waals surface area contributed by atoms with Gasteiger partial charge in [0.05, 0.1) is 11.7 Å². The van der Waals surface area contributed by atoms with Gasteiger partial charge in [0.15, 0.2) is 0 Å². The topological polar surface area (TPSA) is 75.0 Å². The molecule has 1 atom stereocenters. The number of amides is 1. The zero-order valence-corrected chi connectivity index (χ0v) is 10.8. The van der Waals surface area contributed by atoms with Gasteiger partial charge in [-0.25, -0.2) is 0 Å². The van der Waals surface area contributed by atoms with E-state index in [1.807, 2.05) is 23.1 Å². The van der Waals surface area contributed by atoms with Crippen molar-refractivity contribution in [2.24, 2.45) is 5.73 Å². The summed E-state index contributed by atoms with van der Waals surface area (Å²) >= 11 is 0. The maximum atomic E-state index is 12.6. The van der Waals surface area contributed by atoms with Crippen molar-refractivity contribution in [1.29, 1.82) is 0 Å². The van der Waals surface area contributed by atoms with Crippen molar-refractivity contribution in [3.8, 4) is 0 Å². The zero-order chi connectivity index (χ0) is 13.2. The van der Waals surface area contributed by atoms with Crippen molar-refractivity contribution in [3.63, 3.8) is 0 Å². The third-order valence-electron chi connectivity index (χ3n) is 3.85. The molecule has 5 heteroatoms. The minimum absolute atomic E-state index is 0.0756. The van der Waals surface area contributed by atoms with Crippen LogP contribution < -0.4 is 5.73 Å². The number of aromatic amines is 1. The van der Waals surface area contributed by atoms with E-state index in [2.05, 4.69) is 10.2 Å². The van der Waals surface area contributed by atoms with Gasteiger partial charge in [-0.3, -0.25) is 9.89 Å². The van der Waals surface area contributed by atoms with Crippen LogP contribution in [0.2, 0.25) is 0 Å². The molecule has 2 aromatic rings. The average molecular weight is 258 g/mol. The van der Waals surface area contributed by atoms with Gasteiger partial charge in [0, 0.05) is 30.1 Å². The molecule has 0 spiro atoms. The highest BCUT2D eigenvalue weighted by Crippen LogP contribution is 2.20. The molecule has 3 rings (SSSR count). The standard InChI is InChI=1S/C14H18N4O/c15-8-12-3-1-2-6-18(12)14(19)10-4-5-11-9-16-17-13(11)7-10/h4-5,7,9,12H,1-3,6,8,15H2,(H,16,17). The third-order valence-corrected chi connectivity index (χ3v) is 3.85. The predicted octanol–water partition coefficient (Wildman–Crippen LogP) is 1.52. The highest BCUT2D eigenvalue weighted by Gasteiger charge is 2.26. The summed E-state index contributed by atoms with van der Waals surface area (Å²) in [6, 6.07) is 5.83. The van der Waals surface area contributed by atoms with Crippen LogP contribution in [0.1, 0.15) is 29.6 Å². The molecular formula is C14H18N4O. The number of carbonyl (C=O) groups excluding carboxylic acids is 1. The molecule has 1 fully saturated rings. The number of benzene rings is 1. The number of nitrogens with zero attached hydrogens (tertiary/aromatic N) is 2. The Morgan fingerprint density at radius 1 is 1.47 bits per heavy atom. The number of hydrogen-bond donors (Lipinski definition) is 2. The summed E-state index contributed by atoms with van der Waals surface area (Å²) in [6.07, 6.45) is 4.99. The minimum Gasteiger partial charge on any atom is -0.334 e. The molecule has 1 saturated heterocycles. The molecule has 1 aromatic heterocycles. The number of rotatable bonds is 2. The highest BCUT2D eigenvalue weighted by molar-refractivity contribution is 5.97. The SMILES string of the molecule is NCC1CCCCN1C(=O)c1ccc2cn[nH]c2c1. The Kier molecular flexibility index (Phi) is 3.21. The molecular weight excluding hydrogens is 240 g/mol. The fourth-order valence-electron chi connectivity index (χ4n) is 2.75. The van der Waals surface area contributed by atoms with Crippen LogP contribution in [-0.2, 0) is 0 Å². The number of fused-ring (bicyclic) bond motifs is 1. The first-order chi connectivity index (χ1) is 9.29. The average Bonchev–Trinajstić information content (AvgIpc) is 2.93. The largest absolute Gasteiger partial charge is 0.334 e. The number of nitrogens with one attached hydrogen (secondary N) is 1. The van der Waals surface area contributed by atoms with Gasteiger partial charge < -0.3 is 10.6 Å². The monoisotopic (exact) mass is 258 g/mol. The van der Waals surface area contributed by atoms with E-state index in [1.165, 1.54) is 0 Å². The van der Waals surface area contributed by atoms with Crippen molar-refractivity contribution in [3.05, 3.63) is 30.0 Å². The summed E-state index contributed by atoms with van der Waals surface area (Å²) in [5.41, 5.74) is 7.37. The lowest BCUT2D eigenvalue weighted by Crippen LogP contribution is -2.47. The van der Waals surface area contributed by atoms with Crippen LogP contribution in [0.15, 0.2) is 24.4 Å². The molecule has 5 nitrogen and oxygen atoms in total. The second-order valence-corrected chi connectivity index (χ2v) is 5.06. The molecule has 19 heavy (non-hydrogen) atoms. The van der Waals surface area contributed by atoms with Gasteiger partial charge >= 0.3 is 0 Å². The van der Waals surface area contributed by atoms with Gasteiger partial charge in [-0.05, 0) is 31.4 Å². The molecule has 1 aliphatic heterocycles. The smallest absolute Gasteiger partial charge is 0.254 e. The van der Waals surface area contributed by atoms with Gasteiger partial charge in [0.25, 0.3) is 5.91 Å². The summed E-state index contributed by atoms with van der Waals surface area (Å²) in [5.74, 6) is 0.0756. The van der Waals surface area contributed by atoms with Crippen LogP contribution in [0.4, 0.5) is 0 Å². The van der Waals surface area contributed by atoms with Crippen LogP contribution >= 0.6 is 0 Å². The van der Waals surface area contributed by atoms with Gasteiger partial charge in [0.1, 0.15) is 0 Å². The van der Waals surface area contributed by atoms with Crippen LogP contribution in [0.3, 0.4) is 0 Å². The Hall–Kier alpha value is -1.88. The van der Waals surface area contributed by atoms with E-state index in [0.29, 0.717) is 12.1 Å². The summed E-state index contributed by atoms with van der Waals surface area (Å²) in [4.78, 5) is 14.5. The lowest BCUT2D eigenvalue weighted by atomic mass is 10.0. The summed E-state index contributed by atoms with van der Waals surface area (Å²) < 4.78 is 0. The van der Waals surface area contributed by atoms with Crippen LogP contribution in [-0.4, -0.2) is 40.1 Å². The van der Waals surface area contributed by atoms with E-state index >= 15 is 0 Å². The number of likely N-dealkylation sites (tertiary alicyclic amines) is 1. The van der Waals surface area contributed by atoms with Crippen LogP contribution in [0.5, 0.6) is 0 Å². The molecule has 3 N–H and O–H groups in total. The first-order valence-electron chi connectivity index (χ1n) is 6.74. The zero-order valence-electron chi connectivity index (χ0n) is 10.8. The molecule has 1 amide bonds. The molecule has 0 radical (unpaired) electrons. The molecule has 2 heterocycles. The Morgan fingerprint density at radius 2 is 2.37 bits per heavy atom. The third kappa shape index (κ3) is 2.21. The quantitative estimate of drug-likeness (QED) is 0.857. The van der Waals surface area contributed by atoms with Crippen LogP contribution in [0, 0.1) is 0 Å². The summed E-state index contributed by atoms with van der Waals surface area (Å²) in [5, 5.41) is 7.89. The maximum absolute atomic E-state index is 12.6. The van der Waals surface area contributed by atoms with Crippen molar-refractivity contribution < 1.29 is 4.79 Å². The highest BCUT2D eigenvalue weighted by atomic mass is 16.2. The first kappa shape index (κ1) is 12.2. The van der Waals surface area contributed by atoms with Crippen molar-refractivity contribution >= 4 is 16.8 Å². The molecule has 1 aliphatic rings. The Bertz CT molecular complexity index is 592. The van der Waals surface area contributed by atoms with Crippen molar-refractivity contribution in [2.45, 2.75) is 25.3 Å². The predicted molar refractivity (Wildman–Crippen MR) is 73.8 cm³/mol. The van der Waals surface area contributed by atoms with Crippen LogP contribution in [0.25, 0.3) is 10.9 Å². The number of piperidine rings is 1. The van der Waals surface area contributed by atoms with Gasteiger partial charge in [-0.1, -0.05) is 6.07 Å². The maximum Gasteiger partial charge on any atom is 0.254 e. The lowest BCUT2D eigenvalue weighted by Gasteiger charge is -2.35. The minimum atomic E-state index is 0.0756.